The molecule has 16 heavy (non-hydrogen) atoms. The lowest BCUT2D eigenvalue weighted by molar-refractivity contribution is -0.385. The van der Waals surface area contributed by atoms with Crippen molar-refractivity contribution in [1.82, 2.24) is 0 Å². The number of phenols is 1. The summed E-state index contributed by atoms with van der Waals surface area (Å²) >= 11 is 0. The lowest BCUT2D eigenvalue weighted by Gasteiger charge is -2.19. The highest BCUT2D eigenvalue weighted by Gasteiger charge is 2.47. The fourth-order valence-electron chi connectivity index (χ4n) is 2.13. The van der Waals surface area contributed by atoms with Gasteiger partial charge in [0.1, 0.15) is 0 Å². The van der Waals surface area contributed by atoms with Crippen LogP contribution in [0.1, 0.15) is 25.3 Å². The highest BCUT2D eigenvalue weighted by Crippen LogP contribution is 2.51. The molecule has 0 saturated heterocycles. The van der Waals surface area contributed by atoms with Gasteiger partial charge in [-0.3, -0.25) is 10.1 Å². The first-order valence-corrected chi connectivity index (χ1v) is 5.21. The van der Waals surface area contributed by atoms with Gasteiger partial charge in [-0.15, -0.1) is 0 Å². The SMILES string of the molecule is CC(N)C1(c2ccc([N+](=O)[O-])c(O)c2)CC1. The number of nitro benzene ring substituents is 1. The molecule has 1 fully saturated rings. The van der Waals surface area contributed by atoms with E-state index in [9.17, 15) is 15.2 Å². The minimum absolute atomic E-state index is 0.00615. The second-order valence-electron chi connectivity index (χ2n) is 4.41. The van der Waals surface area contributed by atoms with E-state index < -0.39 is 4.92 Å². The number of nitrogens with two attached hydrogens (primary N) is 1. The van der Waals surface area contributed by atoms with Crippen LogP contribution in [0.5, 0.6) is 5.75 Å². The van der Waals surface area contributed by atoms with E-state index in [2.05, 4.69) is 0 Å². The predicted molar refractivity (Wildman–Crippen MR) is 59.3 cm³/mol. The van der Waals surface area contributed by atoms with Crippen LogP contribution >= 0.6 is 0 Å². The smallest absolute Gasteiger partial charge is 0.310 e. The van der Waals surface area contributed by atoms with Crippen LogP contribution in [-0.4, -0.2) is 16.1 Å². The molecule has 0 radical (unpaired) electrons. The third kappa shape index (κ3) is 1.53. The van der Waals surface area contributed by atoms with Crippen LogP contribution in [0.4, 0.5) is 5.69 Å². The summed E-state index contributed by atoms with van der Waals surface area (Å²) in [7, 11) is 0. The van der Waals surface area contributed by atoms with Crippen LogP contribution < -0.4 is 5.73 Å². The number of nitro groups is 1. The third-order valence-electron chi connectivity index (χ3n) is 3.41. The van der Waals surface area contributed by atoms with Gasteiger partial charge in [-0.2, -0.15) is 0 Å². The number of benzene rings is 1. The Morgan fingerprint density at radius 1 is 1.56 bits per heavy atom. The standard InChI is InChI=1S/C11H14N2O3/c1-7(12)11(4-5-11)8-2-3-9(13(15)16)10(14)6-8/h2-3,6-7,14H,4-5,12H2,1H3. The first kappa shape index (κ1) is 10.9. The van der Waals surface area contributed by atoms with Gasteiger partial charge in [0.15, 0.2) is 5.75 Å². The van der Waals surface area contributed by atoms with E-state index in [-0.39, 0.29) is 22.9 Å². The number of aromatic hydroxyl groups is 1. The molecule has 1 saturated carbocycles. The summed E-state index contributed by atoms with van der Waals surface area (Å²) in [5.74, 6) is -0.283. The van der Waals surface area contributed by atoms with Crippen molar-refractivity contribution in [2.24, 2.45) is 5.73 Å². The van der Waals surface area contributed by atoms with Crippen LogP contribution in [0.2, 0.25) is 0 Å². The summed E-state index contributed by atoms with van der Waals surface area (Å²) in [5.41, 5.74) is 6.44. The summed E-state index contributed by atoms with van der Waals surface area (Å²) < 4.78 is 0. The van der Waals surface area contributed by atoms with Gasteiger partial charge in [0.05, 0.1) is 4.92 Å². The quantitative estimate of drug-likeness (QED) is 0.601. The molecule has 0 spiro atoms. The van der Waals surface area contributed by atoms with Gasteiger partial charge in [-0.1, -0.05) is 6.07 Å². The van der Waals surface area contributed by atoms with Gasteiger partial charge in [0.2, 0.25) is 0 Å². The van der Waals surface area contributed by atoms with Gasteiger partial charge < -0.3 is 10.8 Å². The molecule has 1 aromatic rings. The highest BCUT2D eigenvalue weighted by molar-refractivity contribution is 5.50. The highest BCUT2D eigenvalue weighted by atomic mass is 16.6. The van der Waals surface area contributed by atoms with Crippen LogP contribution in [-0.2, 0) is 5.41 Å². The van der Waals surface area contributed by atoms with Crippen molar-refractivity contribution in [2.45, 2.75) is 31.2 Å². The zero-order valence-electron chi connectivity index (χ0n) is 9.01. The van der Waals surface area contributed by atoms with Crippen molar-refractivity contribution in [2.75, 3.05) is 0 Å². The van der Waals surface area contributed by atoms with E-state index in [4.69, 9.17) is 5.73 Å². The maximum atomic E-state index is 10.6. The largest absolute Gasteiger partial charge is 0.502 e. The average Bonchev–Trinajstić information content (AvgIpc) is 2.97. The second-order valence-corrected chi connectivity index (χ2v) is 4.41. The first-order chi connectivity index (χ1) is 7.47. The van der Waals surface area contributed by atoms with E-state index in [1.165, 1.54) is 12.1 Å². The molecular weight excluding hydrogens is 208 g/mol. The molecule has 1 aliphatic rings. The molecule has 1 atom stereocenters. The monoisotopic (exact) mass is 222 g/mol. The Morgan fingerprint density at radius 2 is 2.19 bits per heavy atom. The zero-order chi connectivity index (χ0) is 11.9. The third-order valence-corrected chi connectivity index (χ3v) is 3.41. The van der Waals surface area contributed by atoms with Gasteiger partial charge in [0.25, 0.3) is 0 Å². The Hall–Kier alpha value is -1.62. The average molecular weight is 222 g/mol. The molecule has 0 bridgehead atoms. The van der Waals surface area contributed by atoms with Gasteiger partial charge >= 0.3 is 5.69 Å². The van der Waals surface area contributed by atoms with Gasteiger partial charge in [0, 0.05) is 17.5 Å². The summed E-state index contributed by atoms with van der Waals surface area (Å²) in [6.07, 6.45) is 1.95. The van der Waals surface area contributed by atoms with Crippen LogP contribution in [0.15, 0.2) is 18.2 Å². The van der Waals surface area contributed by atoms with E-state index in [0.29, 0.717) is 0 Å². The molecule has 1 aliphatic carbocycles. The molecule has 0 heterocycles. The second kappa shape index (κ2) is 3.45. The Labute approximate surface area is 93.0 Å². The van der Waals surface area contributed by atoms with Crippen LogP contribution in [0.3, 0.4) is 0 Å². The lowest BCUT2D eigenvalue weighted by atomic mass is 9.89. The summed E-state index contributed by atoms with van der Waals surface area (Å²) in [6.45, 7) is 1.92. The maximum absolute atomic E-state index is 10.6. The molecule has 2 rings (SSSR count). The molecule has 1 aromatic carbocycles. The van der Waals surface area contributed by atoms with Crippen molar-refractivity contribution < 1.29 is 10.0 Å². The molecule has 1 unspecified atom stereocenters. The molecule has 0 aromatic heterocycles. The Kier molecular flexibility index (Phi) is 2.35. The molecule has 5 nitrogen and oxygen atoms in total. The molecule has 0 aliphatic heterocycles. The maximum Gasteiger partial charge on any atom is 0.310 e. The van der Waals surface area contributed by atoms with Crippen molar-refractivity contribution in [3.05, 3.63) is 33.9 Å². The van der Waals surface area contributed by atoms with Crippen LogP contribution in [0, 0.1) is 10.1 Å². The zero-order valence-corrected chi connectivity index (χ0v) is 9.01. The molecule has 0 amide bonds. The topological polar surface area (TPSA) is 89.4 Å². The number of nitrogens with zero attached hydrogens (tertiary/aromatic N) is 1. The number of hydrogen-bond acceptors (Lipinski definition) is 4. The first-order valence-electron chi connectivity index (χ1n) is 5.21. The predicted octanol–water partition coefficient (Wildman–Crippen LogP) is 1.68. The summed E-state index contributed by atoms with van der Waals surface area (Å²) in [6, 6.07) is 4.49. The van der Waals surface area contributed by atoms with Gasteiger partial charge in [-0.25, -0.2) is 0 Å². The van der Waals surface area contributed by atoms with Crippen LogP contribution in [0.25, 0.3) is 0 Å². The Bertz CT molecular complexity index is 439. The normalized spacial score (nSPS) is 19.1. The Morgan fingerprint density at radius 3 is 2.56 bits per heavy atom. The molecule has 5 heteroatoms. The van der Waals surface area contributed by atoms with Crippen molar-refractivity contribution in [1.29, 1.82) is 0 Å². The molecule has 3 N–H and O–H groups in total. The van der Waals surface area contributed by atoms with E-state index in [0.717, 1.165) is 18.4 Å². The van der Waals surface area contributed by atoms with E-state index in [1.807, 2.05) is 6.92 Å². The fraction of sp³-hybridized carbons (Fsp3) is 0.455. The fourth-order valence-corrected chi connectivity index (χ4v) is 2.13. The van der Waals surface area contributed by atoms with E-state index >= 15 is 0 Å². The number of rotatable bonds is 3. The number of hydrogen-bond donors (Lipinski definition) is 2. The van der Waals surface area contributed by atoms with Crippen molar-refractivity contribution in [3.8, 4) is 5.75 Å². The number of phenolic OH excluding ortho intramolecular Hbond substituents is 1. The Balaban J connectivity index is 2.39. The summed E-state index contributed by atoms with van der Waals surface area (Å²) in [4.78, 5) is 9.96. The lowest BCUT2D eigenvalue weighted by Crippen LogP contribution is -2.31. The van der Waals surface area contributed by atoms with Crippen molar-refractivity contribution in [3.63, 3.8) is 0 Å². The summed E-state index contributed by atoms with van der Waals surface area (Å²) in [5, 5.41) is 20.1. The molecular formula is C11H14N2O3. The minimum atomic E-state index is -0.593. The van der Waals surface area contributed by atoms with Gasteiger partial charge in [-0.05, 0) is 31.4 Å². The van der Waals surface area contributed by atoms with E-state index in [1.54, 1.807) is 6.07 Å². The minimum Gasteiger partial charge on any atom is -0.502 e. The molecule has 86 valence electrons. The van der Waals surface area contributed by atoms with Crippen molar-refractivity contribution >= 4 is 5.69 Å².